The van der Waals surface area contributed by atoms with Crippen molar-refractivity contribution >= 4 is 17.5 Å². The first-order chi connectivity index (χ1) is 11.5. The van der Waals surface area contributed by atoms with E-state index in [9.17, 15) is 9.59 Å². The van der Waals surface area contributed by atoms with Gasteiger partial charge in [0.05, 0.1) is 11.9 Å². The maximum Gasteiger partial charge on any atom is 0.274 e. The number of carbonyl (C=O) groups excluding carboxylic acids is 2. The molecular weight excluding hydrogens is 306 g/mol. The Labute approximate surface area is 140 Å². The van der Waals surface area contributed by atoms with Crippen LogP contribution in [0.15, 0.2) is 30.9 Å². The van der Waals surface area contributed by atoms with E-state index >= 15 is 0 Å². The van der Waals surface area contributed by atoms with Crippen LogP contribution in [0.2, 0.25) is 0 Å². The molecule has 7 heteroatoms. The summed E-state index contributed by atoms with van der Waals surface area (Å²) in [5.74, 6) is 1.00. The van der Waals surface area contributed by atoms with E-state index in [4.69, 9.17) is 0 Å². The molecule has 1 N–H and O–H groups in total. The van der Waals surface area contributed by atoms with E-state index < -0.39 is 0 Å². The normalized spacial score (nSPS) is 17.6. The summed E-state index contributed by atoms with van der Waals surface area (Å²) >= 11 is 0. The fourth-order valence-electron chi connectivity index (χ4n) is 2.91. The number of rotatable bonds is 3. The zero-order valence-electron chi connectivity index (χ0n) is 13.9. The molecular formula is C17H21N5O2. The number of hydrogen-bond donors (Lipinski definition) is 1. The third-order valence-corrected chi connectivity index (χ3v) is 4.08. The second-order valence-electron chi connectivity index (χ2n) is 6.25. The number of amides is 2. The average Bonchev–Trinajstić information content (AvgIpc) is 3.04. The maximum atomic E-state index is 12.5. The van der Waals surface area contributed by atoms with Crippen molar-refractivity contribution in [2.45, 2.75) is 26.7 Å². The van der Waals surface area contributed by atoms with E-state index in [1.807, 2.05) is 4.90 Å². The number of carbonyl (C=O) groups is 2. The fraction of sp³-hybridized carbons (Fsp3) is 0.412. The third-order valence-electron chi connectivity index (χ3n) is 4.08. The lowest BCUT2D eigenvalue weighted by Gasteiger charge is -2.30. The molecule has 126 valence electrons. The highest BCUT2D eigenvalue weighted by molar-refractivity contribution is 5.92. The van der Waals surface area contributed by atoms with Gasteiger partial charge < -0.3 is 10.2 Å². The first-order valence-electron chi connectivity index (χ1n) is 8.10. The van der Waals surface area contributed by atoms with E-state index in [0.29, 0.717) is 23.1 Å². The largest absolute Gasteiger partial charge is 0.337 e. The Balaban J connectivity index is 1.73. The minimum absolute atomic E-state index is 0.0323. The van der Waals surface area contributed by atoms with Crippen molar-refractivity contribution in [3.63, 3.8) is 0 Å². The van der Waals surface area contributed by atoms with Gasteiger partial charge in [-0.2, -0.15) is 0 Å². The highest BCUT2D eigenvalue weighted by Crippen LogP contribution is 2.18. The molecule has 1 fully saturated rings. The minimum atomic E-state index is -0.143. The van der Waals surface area contributed by atoms with Crippen LogP contribution in [0.1, 0.15) is 37.2 Å². The second-order valence-corrected chi connectivity index (χ2v) is 6.25. The predicted octanol–water partition coefficient (Wildman–Crippen LogP) is 2.10. The van der Waals surface area contributed by atoms with Gasteiger partial charge in [0.15, 0.2) is 0 Å². The number of nitrogens with one attached hydrogen (secondary N) is 1. The summed E-state index contributed by atoms with van der Waals surface area (Å²) < 4.78 is 1.71. The van der Waals surface area contributed by atoms with E-state index in [0.717, 1.165) is 19.5 Å². The van der Waals surface area contributed by atoms with Gasteiger partial charge in [-0.05, 0) is 30.9 Å². The molecule has 2 aromatic rings. The van der Waals surface area contributed by atoms with Crippen LogP contribution in [-0.4, -0.2) is 44.3 Å². The molecule has 0 unspecified atom stereocenters. The van der Waals surface area contributed by atoms with Gasteiger partial charge >= 0.3 is 0 Å². The van der Waals surface area contributed by atoms with Gasteiger partial charge in [0.25, 0.3) is 5.91 Å². The number of anilines is 1. The predicted molar refractivity (Wildman–Crippen MR) is 90.0 cm³/mol. The number of imidazole rings is 1. The van der Waals surface area contributed by atoms with E-state index in [1.165, 1.54) is 13.3 Å². The molecule has 0 aliphatic carbocycles. The van der Waals surface area contributed by atoms with Crippen molar-refractivity contribution in [2.75, 3.05) is 18.4 Å². The van der Waals surface area contributed by atoms with E-state index in [2.05, 4.69) is 22.2 Å². The third kappa shape index (κ3) is 3.61. The van der Waals surface area contributed by atoms with Crippen molar-refractivity contribution in [3.05, 3.63) is 36.5 Å². The number of piperidine rings is 1. The molecule has 7 nitrogen and oxygen atoms in total. The van der Waals surface area contributed by atoms with Gasteiger partial charge in [-0.25, -0.2) is 9.97 Å². The topological polar surface area (TPSA) is 80.1 Å². The highest BCUT2D eigenvalue weighted by atomic mass is 16.2. The Morgan fingerprint density at radius 1 is 1.29 bits per heavy atom. The summed E-state index contributed by atoms with van der Waals surface area (Å²) in [6.07, 6.45) is 7.07. The van der Waals surface area contributed by atoms with Crippen molar-refractivity contribution in [3.8, 4) is 5.82 Å². The molecule has 0 aromatic carbocycles. The molecule has 24 heavy (non-hydrogen) atoms. The van der Waals surface area contributed by atoms with Crippen LogP contribution in [0.5, 0.6) is 0 Å². The molecule has 2 aromatic heterocycles. The zero-order valence-corrected chi connectivity index (χ0v) is 13.9. The summed E-state index contributed by atoms with van der Waals surface area (Å²) in [5.41, 5.74) is 1.06. The number of hydrogen-bond acceptors (Lipinski definition) is 4. The first kappa shape index (κ1) is 16.2. The van der Waals surface area contributed by atoms with E-state index in [-0.39, 0.29) is 11.8 Å². The molecule has 3 rings (SSSR count). The zero-order chi connectivity index (χ0) is 17.1. The van der Waals surface area contributed by atoms with Gasteiger partial charge in [0, 0.05) is 26.2 Å². The van der Waals surface area contributed by atoms with Gasteiger partial charge in [0.1, 0.15) is 17.8 Å². The Hall–Kier alpha value is -2.70. The van der Waals surface area contributed by atoms with Crippen molar-refractivity contribution in [1.82, 2.24) is 19.4 Å². The molecule has 0 spiro atoms. The molecule has 0 bridgehead atoms. The van der Waals surface area contributed by atoms with Crippen LogP contribution in [-0.2, 0) is 4.79 Å². The fourth-order valence-corrected chi connectivity index (χ4v) is 2.91. The SMILES string of the molecule is CC(=O)Nc1ccc(-n2cnc(C(=O)N3CCC[C@@H](C)C3)c2)nc1. The lowest BCUT2D eigenvalue weighted by molar-refractivity contribution is -0.114. The molecule has 1 aliphatic rings. The van der Waals surface area contributed by atoms with Crippen molar-refractivity contribution in [1.29, 1.82) is 0 Å². The number of likely N-dealkylation sites (tertiary alicyclic amines) is 1. The lowest BCUT2D eigenvalue weighted by atomic mass is 10.0. The molecule has 0 radical (unpaired) electrons. The Bertz CT molecular complexity index is 738. The van der Waals surface area contributed by atoms with E-state index in [1.54, 1.807) is 35.4 Å². The van der Waals surface area contributed by atoms with Crippen LogP contribution in [0.3, 0.4) is 0 Å². The maximum absolute atomic E-state index is 12.5. The quantitative estimate of drug-likeness (QED) is 0.936. The Kier molecular flexibility index (Phi) is 4.59. The van der Waals surface area contributed by atoms with Gasteiger partial charge in [-0.1, -0.05) is 6.92 Å². The Morgan fingerprint density at radius 2 is 2.12 bits per heavy atom. The number of pyridine rings is 1. The van der Waals surface area contributed by atoms with Crippen LogP contribution in [0, 0.1) is 5.92 Å². The molecule has 2 amide bonds. The minimum Gasteiger partial charge on any atom is -0.337 e. The van der Waals surface area contributed by atoms with Crippen LogP contribution in [0.25, 0.3) is 5.82 Å². The lowest BCUT2D eigenvalue weighted by Crippen LogP contribution is -2.39. The molecule has 1 aliphatic heterocycles. The Morgan fingerprint density at radius 3 is 2.79 bits per heavy atom. The van der Waals surface area contributed by atoms with Crippen LogP contribution >= 0.6 is 0 Å². The summed E-state index contributed by atoms with van der Waals surface area (Å²) in [7, 11) is 0. The molecule has 3 heterocycles. The number of aromatic nitrogens is 3. The summed E-state index contributed by atoms with van der Waals surface area (Å²) in [6.45, 7) is 5.19. The molecule has 0 saturated carbocycles. The monoisotopic (exact) mass is 327 g/mol. The smallest absolute Gasteiger partial charge is 0.274 e. The number of nitrogens with zero attached hydrogens (tertiary/aromatic N) is 4. The second kappa shape index (κ2) is 6.82. The van der Waals surface area contributed by atoms with Gasteiger partial charge in [0.2, 0.25) is 5.91 Å². The van der Waals surface area contributed by atoms with Gasteiger partial charge in [-0.3, -0.25) is 14.2 Å². The summed E-state index contributed by atoms with van der Waals surface area (Å²) in [4.78, 5) is 33.9. The molecule has 1 atom stereocenters. The summed E-state index contributed by atoms with van der Waals surface area (Å²) in [5, 5.41) is 2.67. The van der Waals surface area contributed by atoms with Crippen molar-refractivity contribution < 1.29 is 9.59 Å². The first-order valence-corrected chi connectivity index (χ1v) is 8.10. The summed E-state index contributed by atoms with van der Waals surface area (Å²) in [6, 6.07) is 3.53. The highest BCUT2D eigenvalue weighted by Gasteiger charge is 2.23. The van der Waals surface area contributed by atoms with Crippen molar-refractivity contribution in [2.24, 2.45) is 5.92 Å². The molecule has 1 saturated heterocycles. The standard InChI is InChI=1S/C17H21N5O2/c1-12-4-3-7-21(9-12)17(24)15-10-22(11-19-15)16-6-5-14(8-18-16)20-13(2)23/h5-6,8,10-12H,3-4,7,9H2,1-2H3,(H,20,23)/t12-/m1/s1. The van der Waals surface area contributed by atoms with Gasteiger partial charge in [-0.15, -0.1) is 0 Å². The van der Waals surface area contributed by atoms with Crippen LogP contribution < -0.4 is 5.32 Å². The van der Waals surface area contributed by atoms with Crippen LogP contribution in [0.4, 0.5) is 5.69 Å². The average molecular weight is 327 g/mol.